The molecule has 3 N–H and O–H groups in total. The Morgan fingerprint density at radius 3 is 2.29 bits per heavy atom. The van der Waals surface area contributed by atoms with Crippen LogP contribution in [0.1, 0.15) is 0 Å². The number of hydrogen-bond acceptors (Lipinski definition) is 11. The van der Waals surface area contributed by atoms with Crippen molar-refractivity contribution in [1.82, 2.24) is 25.1 Å². The van der Waals surface area contributed by atoms with Gasteiger partial charge < -0.3 is 14.2 Å². The highest BCUT2D eigenvalue weighted by molar-refractivity contribution is 7.93. The second-order valence-electron chi connectivity index (χ2n) is 5.19. The lowest BCUT2D eigenvalue weighted by Crippen LogP contribution is -2.48. The van der Waals surface area contributed by atoms with Crippen LogP contribution in [0.15, 0.2) is 17.2 Å². The van der Waals surface area contributed by atoms with Crippen LogP contribution in [-0.4, -0.2) is 68.8 Å². The molecule has 0 spiro atoms. The Balaban J connectivity index is 2.19. The van der Waals surface area contributed by atoms with Gasteiger partial charge in [-0.25, -0.2) is 14.3 Å². The number of methoxy groups -OCH3 is 3. The number of rotatable bonds is 6. The molecule has 0 saturated heterocycles. The maximum absolute atomic E-state index is 12.5. The molecule has 2 heterocycles. The number of anilines is 1. The third-order valence-electron chi connectivity index (χ3n) is 3.29. The minimum atomic E-state index is -4.42. The second kappa shape index (κ2) is 8.04. The van der Waals surface area contributed by atoms with Crippen molar-refractivity contribution in [3.8, 4) is 11.8 Å². The van der Waals surface area contributed by atoms with E-state index in [9.17, 15) is 18.0 Å². The van der Waals surface area contributed by atoms with E-state index in [1.54, 1.807) is 4.72 Å². The molecule has 1 aromatic heterocycles. The van der Waals surface area contributed by atoms with E-state index in [1.807, 2.05) is 0 Å². The quantitative estimate of drug-likeness (QED) is 0.295. The maximum atomic E-state index is 12.5. The Morgan fingerprint density at radius 2 is 1.79 bits per heavy atom. The lowest BCUT2D eigenvalue weighted by molar-refractivity contribution is -0.144. The number of carbonyl (C=O) groups excluding carboxylic acids is 2. The van der Waals surface area contributed by atoms with Gasteiger partial charge in [0.05, 0.1) is 27.4 Å². The number of carbonyl (C=O) groups is 2. The number of amides is 2. The van der Waals surface area contributed by atoms with E-state index in [2.05, 4.69) is 25.4 Å². The molecular formula is C13H17ClN6O7S. The molecule has 15 heteroatoms. The van der Waals surface area contributed by atoms with Gasteiger partial charge in [-0.05, 0) is 0 Å². The van der Waals surface area contributed by atoms with Crippen molar-refractivity contribution in [2.75, 3.05) is 33.7 Å². The Hall–Kier alpha value is -2.84. The van der Waals surface area contributed by atoms with Gasteiger partial charge in [0.1, 0.15) is 0 Å². The lowest BCUT2D eigenvalue weighted by atomic mass is 10.3. The van der Waals surface area contributed by atoms with Crippen molar-refractivity contribution in [2.24, 2.45) is 0 Å². The predicted octanol–water partition coefficient (Wildman–Crippen LogP) is -0.655. The first-order chi connectivity index (χ1) is 13.0. The Bertz CT molecular complexity index is 902. The average Bonchev–Trinajstić information content (AvgIpc) is 2.96. The number of nitrogens with zero attached hydrogens (tertiary/aromatic N) is 3. The van der Waals surface area contributed by atoms with Crippen LogP contribution in [0.25, 0.3) is 0 Å². The normalized spacial score (nSPS) is 18.9. The van der Waals surface area contributed by atoms with E-state index in [0.29, 0.717) is 0 Å². The average molecular weight is 437 g/mol. The highest BCUT2D eigenvalue weighted by Gasteiger charge is 2.45. The number of esters is 1. The van der Waals surface area contributed by atoms with Crippen molar-refractivity contribution in [2.45, 2.75) is 5.00 Å². The van der Waals surface area contributed by atoms with Gasteiger partial charge in [0.25, 0.3) is 10.0 Å². The summed E-state index contributed by atoms with van der Waals surface area (Å²) >= 11 is 6.01. The molecular weight excluding hydrogens is 420 g/mol. The topological polar surface area (TPSA) is 161 Å². The van der Waals surface area contributed by atoms with Gasteiger partial charge >= 0.3 is 12.0 Å². The van der Waals surface area contributed by atoms with Crippen LogP contribution in [0, 0.1) is 0 Å². The molecule has 0 radical (unpaired) electrons. The summed E-state index contributed by atoms with van der Waals surface area (Å²) in [4.78, 5) is 29.5. The van der Waals surface area contributed by atoms with E-state index in [1.165, 1.54) is 27.3 Å². The maximum Gasteiger partial charge on any atom is 0.347 e. The zero-order valence-electron chi connectivity index (χ0n) is 15.1. The van der Waals surface area contributed by atoms with Crippen LogP contribution in [0.2, 0.25) is 0 Å². The van der Waals surface area contributed by atoms with Crippen LogP contribution in [0.4, 0.5) is 10.7 Å². The predicted molar refractivity (Wildman–Crippen MR) is 95.8 cm³/mol. The molecule has 1 unspecified atom stereocenters. The molecule has 1 atom stereocenters. The number of nitrogens with one attached hydrogen (secondary N) is 3. The van der Waals surface area contributed by atoms with Crippen LogP contribution < -0.4 is 24.9 Å². The Kier molecular flexibility index (Phi) is 6.16. The summed E-state index contributed by atoms with van der Waals surface area (Å²) in [5.41, 5.74) is 2.41. The summed E-state index contributed by atoms with van der Waals surface area (Å²) in [6.45, 7) is 0. The number of hydrogen-bond donors (Lipinski definition) is 3. The molecule has 0 saturated carbocycles. The Morgan fingerprint density at radius 1 is 1.21 bits per heavy atom. The van der Waals surface area contributed by atoms with Crippen LogP contribution in [0.3, 0.4) is 0 Å². The van der Waals surface area contributed by atoms with Crippen molar-refractivity contribution in [3.63, 3.8) is 0 Å². The lowest BCUT2D eigenvalue weighted by Gasteiger charge is -2.21. The first-order valence-electron chi connectivity index (χ1n) is 7.37. The SMILES string of the molecule is COC(=O)C1(Cl)C=C(S(=O)(=O)NC(=O)Nc2nc(OC)cc(OC)n2)N(C)N1. The molecule has 1 aliphatic heterocycles. The van der Waals surface area contributed by atoms with Crippen molar-refractivity contribution < 1.29 is 32.2 Å². The number of aromatic nitrogens is 2. The Labute approximate surface area is 165 Å². The molecule has 28 heavy (non-hydrogen) atoms. The number of alkyl halides is 1. The molecule has 0 aromatic carbocycles. The van der Waals surface area contributed by atoms with Crippen LogP contribution in [0.5, 0.6) is 11.8 Å². The van der Waals surface area contributed by atoms with Gasteiger partial charge in [-0.1, -0.05) is 11.6 Å². The first-order valence-corrected chi connectivity index (χ1v) is 9.23. The third-order valence-corrected chi connectivity index (χ3v) is 5.04. The highest BCUT2D eigenvalue weighted by Crippen LogP contribution is 2.28. The molecule has 1 aromatic rings. The summed E-state index contributed by atoms with van der Waals surface area (Å²) in [7, 11) is 0.626. The van der Waals surface area contributed by atoms with Crippen molar-refractivity contribution >= 4 is 39.6 Å². The standard InChI is InChI=1S/C13H17ClN6O7S/c1-20-9(6-13(14,19-20)10(21)27-4)28(23,24)18-12(22)17-11-15-7(25-2)5-8(16-11)26-3/h5-6,19H,1-4H3,(H2,15,16,17,18,22). The van der Waals surface area contributed by atoms with Gasteiger partial charge in [-0.2, -0.15) is 23.8 Å². The molecule has 154 valence electrons. The highest BCUT2D eigenvalue weighted by atomic mass is 35.5. The van der Waals surface area contributed by atoms with Gasteiger partial charge in [-0.15, -0.1) is 0 Å². The van der Waals surface area contributed by atoms with Crippen LogP contribution >= 0.6 is 11.6 Å². The van der Waals surface area contributed by atoms with E-state index in [4.69, 9.17) is 21.1 Å². The van der Waals surface area contributed by atoms with E-state index in [-0.39, 0.29) is 17.7 Å². The fourth-order valence-electron chi connectivity index (χ4n) is 2.08. The summed E-state index contributed by atoms with van der Waals surface area (Å²) in [6, 6.07) is 0.186. The zero-order chi connectivity index (χ0) is 21.1. The molecule has 2 amide bonds. The van der Waals surface area contributed by atoms with E-state index >= 15 is 0 Å². The first kappa shape index (κ1) is 21.5. The molecule has 1 aliphatic rings. The number of urea groups is 1. The monoisotopic (exact) mass is 436 g/mol. The molecule has 0 bridgehead atoms. The number of hydrazine groups is 1. The molecule has 2 rings (SSSR count). The molecule has 0 aliphatic carbocycles. The summed E-state index contributed by atoms with van der Waals surface area (Å²) in [5, 5.41) is 2.61. The minimum Gasteiger partial charge on any atom is -0.481 e. The van der Waals surface area contributed by atoms with Gasteiger partial charge in [-0.3, -0.25) is 10.3 Å². The fourth-order valence-corrected chi connectivity index (χ4v) is 3.59. The summed E-state index contributed by atoms with van der Waals surface area (Å²) in [6.07, 6.45) is 0.890. The van der Waals surface area contributed by atoms with Gasteiger partial charge in [0.2, 0.25) is 22.7 Å². The summed E-state index contributed by atoms with van der Waals surface area (Å²) in [5.74, 6) is -1.04. The van der Waals surface area contributed by atoms with Crippen molar-refractivity contribution in [1.29, 1.82) is 0 Å². The smallest absolute Gasteiger partial charge is 0.347 e. The van der Waals surface area contributed by atoms with E-state index < -0.39 is 32.1 Å². The van der Waals surface area contributed by atoms with E-state index in [0.717, 1.165) is 18.2 Å². The minimum absolute atomic E-state index is 0.0810. The largest absolute Gasteiger partial charge is 0.481 e. The summed E-state index contributed by atoms with van der Waals surface area (Å²) < 4.78 is 41.0. The second-order valence-corrected chi connectivity index (χ2v) is 7.42. The zero-order valence-corrected chi connectivity index (χ0v) is 16.7. The van der Waals surface area contributed by atoms with Gasteiger partial charge in [0, 0.05) is 13.1 Å². The number of ether oxygens (including phenoxy) is 3. The third kappa shape index (κ3) is 4.52. The number of sulfonamides is 1. The fraction of sp³-hybridized carbons (Fsp3) is 0.385. The van der Waals surface area contributed by atoms with Gasteiger partial charge in [0.15, 0.2) is 5.03 Å². The van der Waals surface area contributed by atoms with Crippen LogP contribution in [-0.2, 0) is 19.6 Å². The number of halogens is 1. The molecule has 0 fully saturated rings. The molecule has 13 nitrogen and oxygen atoms in total. The van der Waals surface area contributed by atoms with Crippen molar-refractivity contribution in [3.05, 3.63) is 17.2 Å².